The van der Waals surface area contributed by atoms with Crippen LogP contribution in [0.4, 0.5) is 0 Å². The summed E-state index contributed by atoms with van der Waals surface area (Å²) in [4.78, 5) is 15.4. The second kappa shape index (κ2) is 10.9. The summed E-state index contributed by atoms with van der Waals surface area (Å²) in [6, 6.07) is 42.2. The van der Waals surface area contributed by atoms with Crippen LogP contribution in [-0.4, -0.2) is 19.5 Å². The third-order valence-corrected chi connectivity index (χ3v) is 10.2. The predicted octanol–water partition coefficient (Wildman–Crippen LogP) is 11.5. The fourth-order valence-electron chi connectivity index (χ4n) is 6.91. The average molecular weight is 621 g/mol. The van der Waals surface area contributed by atoms with E-state index in [1.807, 2.05) is 53.8 Å². The van der Waals surface area contributed by atoms with Gasteiger partial charge in [0.2, 0.25) is 5.95 Å². The highest BCUT2D eigenvalue weighted by atomic mass is 32.1. The Morgan fingerprint density at radius 2 is 1.21 bits per heavy atom. The third-order valence-electron chi connectivity index (χ3n) is 8.92. The van der Waals surface area contributed by atoms with Gasteiger partial charge in [-0.15, -0.1) is 11.3 Å². The van der Waals surface area contributed by atoms with Gasteiger partial charge in [-0.1, -0.05) is 140 Å². The molecule has 0 saturated carbocycles. The van der Waals surface area contributed by atoms with Gasteiger partial charge in [0.1, 0.15) is 0 Å². The van der Waals surface area contributed by atoms with E-state index >= 15 is 0 Å². The first-order chi connectivity index (χ1) is 23.2. The smallest absolute Gasteiger partial charge is 0.238 e. The average Bonchev–Trinajstić information content (AvgIpc) is 3.69. The van der Waals surface area contributed by atoms with Crippen LogP contribution in [0.3, 0.4) is 0 Å². The fourth-order valence-corrected chi connectivity index (χ4v) is 8.31. The van der Waals surface area contributed by atoms with Crippen LogP contribution in [0, 0.1) is 0 Å². The van der Waals surface area contributed by atoms with Crippen LogP contribution in [0.1, 0.15) is 18.1 Å². The lowest BCUT2D eigenvalue weighted by molar-refractivity contribution is 0.955. The molecule has 0 aliphatic rings. The van der Waals surface area contributed by atoms with E-state index in [4.69, 9.17) is 15.0 Å². The van der Waals surface area contributed by atoms with Crippen molar-refractivity contribution in [2.24, 2.45) is 0 Å². The van der Waals surface area contributed by atoms with Crippen molar-refractivity contribution in [3.05, 3.63) is 145 Å². The highest BCUT2D eigenvalue weighted by Crippen LogP contribution is 2.49. The zero-order valence-electron chi connectivity index (χ0n) is 25.7. The zero-order chi connectivity index (χ0) is 31.5. The minimum Gasteiger partial charge on any atom is -0.277 e. The molecule has 0 bridgehead atoms. The van der Waals surface area contributed by atoms with Crippen molar-refractivity contribution in [2.45, 2.75) is 6.92 Å². The highest BCUT2D eigenvalue weighted by molar-refractivity contribution is 7.27. The summed E-state index contributed by atoms with van der Waals surface area (Å²) in [5.74, 6) is 1.87. The van der Waals surface area contributed by atoms with E-state index in [1.165, 1.54) is 47.5 Å². The van der Waals surface area contributed by atoms with E-state index in [1.54, 1.807) is 0 Å². The lowest BCUT2D eigenvalue weighted by atomic mass is 9.97. The number of aromatic nitrogens is 4. The number of para-hydroxylation sites is 1. The van der Waals surface area contributed by atoms with Gasteiger partial charge in [0.05, 0.1) is 11.0 Å². The van der Waals surface area contributed by atoms with Crippen molar-refractivity contribution in [1.29, 1.82) is 0 Å². The molecule has 0 fully saturated rings. The Hall–Kier alpha value is -5.91. The van der Waals surface area contributed by atoms with Crippen LogP contribution in [0.2, 0.25) is 0 Å². The van der Waals surface area contributed by atoms with Crippen molar-refractivity contribution in [3.63, 3.8) is 0 Å². The topological polar surface area (TPSA) is 43.6 Å². The normalized spacial score (nSPS) is 11.9. The number of allylic oxidation sites excluding steroid dienone is 1. The first kappa shape index (κ1) is 27.4. The molecule has 3 aromatic heterocycles. The van der Waals surface area contributed by atoms with Crippen molar-refractivity contribution >= 4 is 76.2 Å². The molecule has 0 unspecified atom stereocenters. The number of hydrogen-bond donors (Lipinski definition) is 0. The van der Waals surface area contributed by atoms with E-state index in [0.717, 1.165) is 27.5 Å². The molecule has 9 aromatic rings. The van der Waals surface area contributed by atoms with Crippen molar-refractivity contribution in [3.8, 4) is 28.7 Å². The molecule has 0 N–H and O–H groups in total. The molecule has 9 rings (SSSR count). The maximum Gasteiger partial charge on any atom is 0.238 e. The standard InChI is InChI=1S/C42H28N4S/c1-3-15-26-24-25-33-36-35-32-22-13-14-23-34(32)46(37(35)30-20-11-12-21-31(30)39(36)47-38(33)29(26)4-2)42-44-40(27-16-7-5-8-17-27)43-41(45-42)28-18-9-6-10-19-28/h3-25H,2H2,1H3/b15-3-. The van der Waals surface area contributed by atoms with Gasteiger partial charge >= 0.3 is 0 Å². The van der Waals surface area contributed by atoms with Crippen LogP contribution in [0.15, 0.2) is 134 Å². The Labute approximate surface area is 275 Å². The summed E-state index contributed by atoms with van der Waals surface area (Å²) in [6.45, 7) is 6.28. The largest absolute Gasteiger partial charge is 0.277 e. The van der Waals surface area contributed by atoms with Gasteiger partial charge in [0.25, 0.3) is 0 Å². The van der Waals surface area contributed by atoms with Crippen LogP contribution in [0.5, 0.6) is 0 Å². The van der Waals surface area contributed by atoms with Gasteiger partial charge in [-0.05, 0) is 24.1 Å². The summed E-state index contributed by atoms with van der Waals surface area (Å²) < 4.78 is 4.77. The predicted molar refractivity (Wildman–Crippen MR) is 200 cm³/mol. The van der Waals surface area contributed by atoms with E-state index in [0.29, 0.717) is 17.6 Å². The number of rotatable bonds is 5. The van der Waals surface area contributed by atoms with Crippen molar-refractivity contribution in [2.75, 3.05) is 0 Å². The first-order valence-corrected chi connectivity index (χ1v) is 16.5. The van der Waals surface area contributed by atoms with Crippen molar-refractivity contribution in [1.82, 2.24) is 19.5 Å². The summed E-state index contributed by atoms with van der Waals surface area (Å²) >= 11 is 1.85. The molecule has 4 nitrogen and oxygen atoms in total. The summed E-state index contributed by atoms with van der Waals surface area (Å²) in [5.41, 5.74) is 6.38. The minimum atomic E-state index is 0.593. The molecule has 3 heterocycles. The molecule has 0 amide bonds. The number of thiophene rings is 1. The zero-order valence-corrected chi connectivity index (χ0v) is 26.5. The molecular formula is C42H28N4S. The van der Waals surface area contributed by atoms with Crippen LogP contribution in [0.25, 0.3) is 93.6 Å². The number of hydrogen-bond acceptors (Lipinski definition) is 4. The fraction of sp³-hybridized carbons (Fsp3) is 0.0238. The number of fused-ring (bicyclic) bond motifs is 10. The second-order valence-corrected chi connectivity index (χ2v) is 12.6. The maximum atomic E-state index is 5.19. The lowest BCUT2D eigenvalue weighted by Gasteiger charge is -2.12. The van der Waals surface area contributed by atoms with Crippen LogP contribution < -0.4 is 0 Å². The highest BCUT2D eigenvalue weighted by Gasteiger charge is 2.24. The molecule has 47 heavy (non-hydrogen) atoms. The summed E-state index contributed by atoms with van der Waals surface area (Å²) in [5, 5.41) is 7.23. The van der Waals surface area contributed by atoms with Crippen LogP contribution >= 0.6 is 11.3 Å². The van der Waals surface area contributed by atoms with Gasteiger partial charge in [-0.25, -0.2) is 4.98 Å². The first-order valence-electron chi connectivity index (χ1n) is 15.7. The molecule has 5 heteroatoms. The Balaban J connectivity index is 1.49. The SMILES string of the molecule is C=Cc1c(/C=C\C)ccc2c1sc1c3ccccc3c3c(c4ccccc4n3-c3nc(-c4ccccc4)nc(-c4ccccc4)n3)c21. The van der Waals surface area contributed by atoms with E-state index in [2.05, 4.69) is 115 Å². The Kier molecular flexibility index (Phi) is 6.33. The van der Waals surface area contributed by atoms with Gasteiger partial charge in [-0.2, -0.15) is 9.97 Å². The molecule has 0 spiro atoms. The van der Waals surface area contributed by atoms with Gasteiger partial charge in [-0.3, -0.25) is 4.57 Å². The van der Waals surface area contributed by atoms with Crippen LogP contribution in [-0.2, 0) is 0 Å². The maximum absolute atomic E-state index is 5.19. The van der Waals surface area contributed by atoms with Crippen molar-refractivity contribution < 1.29 is 0 Å². The molecule has 222 valence electrons. The van der Waals surface area contributed by atoms with Gasteiger partial charge in [0.15, 0.2) is 11.6 Å². The van der Waals surface area contributed by atoms with Gasteiger partial charge in [0, 0.05) is 52.8 Å². The quantitative estimate of drug-likeness (QED) is 0.192. The third kappa shape index (κ3) is 4.17. The lowest BCUT2D eigenvalue weighted by Crippen LogP contribution is -2.06. The molecule has 6 aromatic carbocycles. The van der Waals surface area contributed by atoms with Gasteiger partial charge < -0.3 is 0 Å². The monoisotopic (exact) mass is 620 g/mol. The Bertz CT molecular complexity index is 2640. The second-order valence-electron chi connectivity index (χ2n) is 11.6. The molecule has 0 radical (unpaired) electrons. The number of benzene rings is 6. The molecule has 0 saturated heterocycles. The van der Waals surface area contributed by atoms with E-state index in [9.17, 15) is 0 Å². The molecule has 0 aliphatic carbocycles. The number of nitrogens with zero attached hydrogens (tertiary/aromatic N) is 4. The Morgan fingerprint density at radius 1 is 0.596 bits per heavy atom. The minimum absolute atomic E-state index is 0.593. The van der Waals surface area contributed by atoms with E-state index in [-0.39, 0.29) is 0 Å². The summed E-state index contributed by atoms with van der Waals surface area (Å²) in [6.07, 6.45) is 6.25. The summed E-state index contributed by atoms with van der Waals surface area (Å²) in [7, 11) is 0. The molecule has 0 atom stereocenters. The molecule has 0 aliphatic heterocycles. The van der Waals surface area contributed by atoms with E-state index < -0.39 is 0 Å². The Morgan fingerprint density at radius 3 is 1.87 bits per heavy atom. The molecular weight excluding hydrogens is 593 g/mol.